The minimum absolute atomic E-state index is 0.458. The summed E-state index contributed by atoms with van der Waals surface area (Å²) in [7, 11) is 0. The molecule has 1 aliphatic carbocycles. The Bertz CT molecular complexity index is 552. The number of anilines is 2. The van der Waals surface area contributed by atoms with Crippen LogP contribution < -0.4 is 10.6 Å². The lowest BCUT2D eigenvalue weighted by atomic mass is 10.5. The fraction of sp³-hybridized carbons (Fsp3) is 0.545. The molecule has 2 aromatic heterocycles. The predicted molar refractivity (Wildman–Crippen MR) is 70.1 cm³/mol. The Balaban J connectivity index is 1.90. The molecule has 0 bridgehead atoms. The summed E-state index contributed by atoms with van der Waals surface area (Å²) in [6.45, 7) is 4.94. The Morgan fingerprint density at radius 1 is 1.32 bits per heavy atom. The van der Waals surface area contributed by atoms with Crippen LogP contribution in [-0.4, -0.2) is 42.3 Å². The van der Waals surface area contributed by atoms with Gasteiger partial charge in [-0.15, -0.1) is 0 Å². The van der Waals surface area contributed by atoms with E-state index in [1.54, 1.807) is 6.33 Å². The molecule has 3 rings (SSSR count). The second-order valence-corrected chi connectivity index (χ2v) is 4.62. The zero-order valence-corrected chi connectivity index (χ0v) is 10.9. The second-order valence-electron chi connectivity index (χ2n) is 4.62. The largest absolute Gasteiger partial charge is 0.354 e. The van der Waals surface area contributed by atoms with Gasteiger partial charge < -0.3 is 10.6 Å². The van der Waals surface area contributed by atoms with E-state index in [1.165, 1.54) is 11.0 Å². The summed E-state index contributed by atoms with van der Waals surface area (Å²) in [6.07, 6.45) is 4.17. The number of nitrogens with zero attached hydrogens (tertiary/aromatic N) is 6. The van der Waals surface area contributed by atoms with Gasteiger partial charge in [-0.05, 0) is 19.3 Å². The van der Waals surface area contributed by atoms with Crippen LogP contribution in [0.2, 0.25) is 0 Å². The first kappa shape index (κ1) is 11.8. The van der Waals surface area contributed by atoms with Crippen molar-refractivity contribution in [3.05, 3.63) is 12.7 Å². The Kier molecular flexibility index (Phi) is 2.98. The maximum Gasteiger partial charge on any atom is 0.258 e. The van der Waals surface area contributed by atoms with Crippen molar-refractivity contribution in [1.29, 1.82) is 0 Å². The van der Waals surface area contributed by atoms with Gasteiger partial charge in [0, 0.05) is 12.6 Å². The maximum atomic E-state index is 4.36. The Labute approximate surface area is 110 Å². The van der Waals surface area contributed by atoms with E-state index < -0.39 is 0 Å². The zero-order valence-electron chi connectivity index (χ0n) is 10.9. The normalized spacial score (nSPS) is 21.2. The number of hydrogen-bond acceptors (Lipinski definition) is 7. The first-order valence-corrected chi connectivity index (χ1v) is 6.37. The van der Waals surface area contributed by atoms with Gasteiger partial charge in [0.05, 0.1) is 0 Å². The standard InChI is InChI=1S/C11H16N8/c1-3-13-9-16-10(15-8-4-7(8)2)18-11(17-9)19-6-12-5-14-19/h5-8H,3-4H2,1-2H3,(H2,13,15,16,17,18). The molecule has 2 heterocycles. The highest BCUT2D eigenvalue weighted by Gasteiger charge is 2.33. The van der Waals surface area contributed by atoms with E-state index >= 15 is 0 Å². The van der Waals surface area contributed by atoms with Crippen LogP contribution in [-0.2, 0) is 0 Å². The van der Waals surface area contributed by atoms with Crippen LogP contribution in [0.25, 0.3) is 5.95 Å². The van der Waals surface area contributed by atoms with Gasteiger partial charge in [0.1, 0.15) is 12.7 Å². The molecule has 0 saturated heterocycles. The van der Waals surface area contributed by atoms with E-state index in [1.807, 2.05) is 6.92 Å². The number of hydrogen-bond donors (Lipinski definition) is 2. The average molecular weight is 260 g/mol. The van der Waals surface area contributed by atoms with Crippen LogP contribution in [0.4, 0.5) is 11.9 Å². The Morgan fingerprint density at radius 3 is 2.74 bits per heavy atom. The van der Waals surface area contributed by atoms with Crippen molar-refractivity contribution < 1.29 is 0 Å². The number of aromatic nitrogens is 6. The summed E-state index contributed by atoms with van der Waals surface area (Å²) in [4.78, 5) is 16.9. The third-order valence-corrected chi connectivity index (χ3v) is 3.01. The molecule has 0 amide bonds. The van der Waals surface area contributed by atoms with E-state index in [0.717, 1.165) is 13.0 Å². The molecule has 8 heteroatoms. The number of nitrogens with one attached hydrogen (secondary N) is 2. The molecule has 2 atom stereocenters. The third-order valence-electron chi connectivity index (χ3n) is 3.01. The van der Waals surface area contributed by atoms with Gasteiger partial charge in [0.15, 0.2) is 0 Å². The van der Waals surface area contributed by atoms with Crippen molar-refractivity contribution in [3.8, 4) is 5.95 Å². The smallest absolute Gasteiger partial charge is 0.258 e. The monoisotopic (exact) mass is 260 g/mol. The van der Waals surface area contributed by atoms with Crippen LogP contribution >= 0.6 is 0 Å². The quantitative estimate of drug-likeness (QED) is 0.817. The van der Waals surface area contributed by atoms with Gasteiger partial charge in [0.25, 0.3) is 5.95 Å². The first-order valence-electron chi connectivity index (χ1n) is 6.37. The van der Waals surface area contributed by atoms with Crippen LogP contribution in [0.3, 0.4) is 0 Å². The topological polar surface area (TPSA) is 93.4 Å². The molecule has 19 heavy (non-hydrogen) atoms. The highest BCUT2D eigenvalue weighted by molar-refractivity contribution is 5.39. The van der Waals surface area contributed by atoms with Crippen LogP contribution in [0.5, 0.6) is 0 Å². The van der Waals surface area contributed by atoms with Crippen molar-refractivity contribution in [2.24, 2.45) is 5.92 Å². The highest BCUT2D eigenvalue weighted by atomic mass is 15.4. The van der Waals surface area contributed by atoms with Crippen molar-refractivity contribution in [2.45, 2.75) is 26.3 Å². The van der Waals surface area contributed by atoms with Gasteiger partial charge in [-0.3, -0.25) is 0 Å². The lowest BCUT2D eigenvalue weighted by Crippen LogP contribution is -2.14. The molecule has 2 N–H and O–H groups in total. The van der Waals surface area contributed by atoms with E-state index in [0.29, 0.717) is 29.8 Å². The summed E-state index contributed by atoms with van der Waals surface area (Å²) in [6, 6.07) is 0.459. The molecular weight excluding hydrogens is 244 g/mol. The Morgan fingerprint density at radius 2 is 2.11 bits per heavy atom. The van der Waals surface area contributed by atoms with Gasteiger partial charge in [0.2, 0.25) is 11.9 Å². The fourth-order valence-corrected chi connectivity index (χ4v) is 1.77. The lowest BCUT2D eigenvalue weighted by molar-refractivity contribution is 0.791. The fourth-order valence-electron chi connectivity index (χ4n) is 1.77. The summed E-state index contributed by atoms with van der Waals surface area (Å²) in [5, 5.41) is 10.4. The molecule has 0 aliphatic heterocycles. The third kappa shape index (κ3) is 2.61. The van der Waals surface area contributed by atoms with E-state index in [-0.39, 0.29) is 0 Å². The SMILES string of the molecule is CCNc1nc(NC2CC2C)nc(-n2cncn2)n1. The van der Waals surface area contributed by atoms with Gasteiger partial charge >= 0.3 is 0 Å². The minimum atomic E-state index is 0.458. The molecular formula is C11H16N8. The minimum Gasteiger partial charge on any atom is -0.354 e. The first-order chi connectivity index (χ1) is 9.26. The molecule has 1 saturated carbocycles. The van der Waals surface area contributed by atoms with E-state index in [2.05, 4.69) is 42.6 Å². The molecule has 2 unspecified atom stereocenters. The van der Waals surface area contributed by atoms with Crippen molar-refractivity contribution in [3.63, 3.8) is 0 Å². The summed E-state index contributed by atoms with van der Waals surface area (Å²) in [5.41, 5.74) is 0. The molecule has 1 fully saturated rings. The predicted octanol–water partition coefficient (Wildman–Crippen LogP) is 0.704. The van der Waals surface area contributed by atoms with Gasteiger partial charge in [-0.25, -0.2) is 4.98 Å². The summed E-state index contributed by atoms with van der Waals surface area (Å²) < 4.78 is 1.52. The lowest BCUT2D eigenvalue weighted by Gasteiger charge is -2.08. The van der Waals surface area contributed by atoms with Gasteiger partial charge in [-0.1, -0.05) is 6.92 Å². The second kappa shape index (κ2) is 4.79. The molecule has 100 valence electrons. The van der Waals surface area contributed by atoms with Gasteiger partial charge in [-0.2, -0.15) is 24.7 Å². The van der Waals surface area contributed by atoms with Crippen LogP contribution in [0.1, 0.15) is 20.3 Å². The van der Waals surface area contributed by atoms with E-state index in [4.69, 9.17) is 0 Å². The highest BCUT2D eigenvalue weighted by Crippen LogP contribution is 2.31. The number of rotatable bonds is 5. The molecule has 8 nitrogen and oxygen atoms in total. The van der Waals surface area contributed by atoms with Crippen LogP contribution in [0.15, 0.2) is 12.7 Å². The van der Waals surface area contributed by atoms with Crippen molar-refractivity contribution in [2.75, 3.05) is 17.2 Å². The summed E-state index contributed by atoms with van der Waals surface area (Å²) >= 11 is 0. The van der Waals surface area contributed by atoms with E-state index in [9.17, 15) is 0 Å². The zero-order chi connectivity index (χ0) is 13.2. The van der Waals surface area contributed by atoms with Crippen LogP contribution in [0, 0.1) is 5.92 Å². The molecule has 0 radical (unpaired) electrons. The Hall–Kier alpha value is -2.25. The molecule has 0 aromatic carbocycles. The van der Waals surface area contributed by atoms with Crippen molar-refractivity contribution >= 4 is 11.9 Å². The summed E-state index contributed by atoms with van der Waals surface area (Å²) in [5.74, 6) is 2.25. The average Bonchev–Trinajstić information content (AvgIpc) is 2.90. The molecule has 1 aliphatic rings. The van der Waals surface area contributed by atoms with Crippen molar-refractivity contribution in [1.82, 2.24) is 29.7 Å². The maximum absolute atomic E-state index is 4.36. The molecule has 2 aromatic rings. The molecule has 0 spiro atoms.